The highest BCUT2D eigenvalue weighted by Gasteiger charge is 2.14. The third-order valence-electron chi connectivity index (χ3n) is 3.35. The second-order valence-corrected chi connectivity index (χ2v) is 5.67. The molecule has 2 aromatic carbocycles. The first-order chi connectivity index (χ1) is 11.8. The number of non-ortho nitro benzene ring substituents is 1. The van der Waals surface area contributed by atoms with Gasteiger partial charge in [-0.15, -0.1) is 0 Å². The van der Waals surface area contributed by atoms with Crippen LogP contribution in [0.5, 0.6) is 5.75 Å². The number of rotatable bonds is 6. The second kappa shape index (κ2) is 8.05. The summed E-state index contributed by atoms with van der Waals surface area (Å²) in [6.45, 7) is 5.53. The molecule has 0 aliphatic heterocycles. The van der Waals surface area contributed by atoms with E-state index in [1.54, 1.807) is 19.1 Å². The van der Waals surface area contributed by atoms with E-state index in [4.69, 9.17) is 4.74 Å². The fourth-order valence-electron chi connectivity index (χ4n) is 2.24. The van der Waals surface area contributed by atoms with Gasteiger partial charge in [0.05, 0.1) is 11.1 Å². The zero-order valence-electron chi connectivity index (χ0n) is 14.2. The maximum atomic E-state index is 12.0. The molecule has 0 aromatic heterocycles. The Balaban J connectivity index is 1.94. The standard InChI is InChI=1S/C18H19N3O4/c1-12-7-13(2)9-17(8-12)25-14(3)18(22)20-19-11-15-5-4-6-16(10-15)21(23)24/h4-11,14H,1-3H3,(H,20,22). The van der Waals surface area contributed by atoms with Crippen molar-refractivity contribution < 1.29 is 14.5 Å². The summed E-state index contributed by atoms with van der Waals surface area (Å²) >= 11 is 0. The lowest BCUT2D eigenvalue weighted by molar-refractivity contribution is -0.384. The zero-order chi connectivity index (χ0) is 18.4. The van der Waals surface area contributed by atoms with Gasteiger partial charge in [0, 0.05) is 17.7 Å². The molecule has 0 fully saturated rings. The van der Waals surface area contributed by atoms with Gasteiger partial charge in [-0.3, -0.25) is 14.9 Å². The van der Waals surface area contributed by atoms with E-state index in [1.807, 2.05) is 32.0 Å². The van der Waals surface area contributed by atoms with Crippen LogP contribution in [0, 0.1) is 24.0 Å². The van der Waals surface area contributed by atoms with Crippen LogP contribution >= 0.6 is 0 Å². The van der Waals surface area contributed by atoms with Gasteiger partial charge in [-0.05, 0) is 44.0 Å². The summed E-state index contributed by atoms with van der Waals surface area (Å²) in [5.74, 6) is 0.198. The van der Waals surface area contributed by atoms with Crippen molar-refractivity contribution in [1.29, 1.82) is 0 Å². The van der Waals surface area contributed by atoms with Crippen molar-refractivity contribution in [2.45, 2.75) is 26.9 Å². The molecule has 1 unspecified atom stereocenters. The highest BCUT2D eigenvalue weighted by Crippen LogP contribution is 2.17. The van der Waals surface area contributed by atoms with Crippen LogP contribution in [0.2, 0.25) is 0 Å². The number of nitro groups is 1. The molecule has 0 saturated heterocycles. The normalized spacial score (nSPS) is 12.0. The summed E-state index contributed by atoms with van der Waals surface area (Å²) in [5.41, 5.74) is 4.93. The molecule has 25 heavy (non-hydrogen) atoms. The molecule has 2 aromatic rings. The molecule has 1 amide bonds. The number of benzene rings is 2. The minimum atomic E-state index is -0.733. The van der Waals surface area contributed by atoms with Gasteiger partial charge in [0.2, 0.25) is 0 Å². The largest absolute Gasteiger partial charge is 0.481 e. The van der Waals surface area contributed by atoms with Crippen molar-refractivity contribution in [1.82, 2.24) is 5.43 Å². The number of amides is 1. The van der Waals surface area contributed by atoms with E-state index >= 15 is 0 Å². The first kappa shape index (κ1) is 18.1. The molecule has 2 rings (SSSR count). The number of carbonyl (C=O) groups is 1. The highest BCUT2D eigenvalue weighted by molar-refractivity contribution is 5.84. The van der Waals surface area contributed by atoms with Gasteiger partial charge < -0.3 is 4.74 Å². The van der Waals surface area contributed by atoms with E-state index in [0.29, 0.717) is 11.3 Å². The van der Waals surface area contributed by atoms with E-state index < -0.39 is 16.9 Å². The summed E-state index contributed by atoms with van der Waals surface area (Å²) in [7, 11) is 0. The molecule has 0 aliphatic rings. The molecule has 0 spiro atoms. The number of aryl methyl sites for hydroxylation is 2. The summed E-state index contributed by atoms with van der Waals surface area (Å²) in [6.07, 6.45) is 0.609. The van der Waals surface area contributed by atoms with Crippen LogP contribution in [0.25, 0.3) is 0 Å². The molecular weight excluding hydrogens is 322 g/mol. The molecule has 7 heteroatoms. The Morgan fingerprint density at radius 2 is 1.92 bits per heavy atom. The van der Waals surface area contributed by atoms with Gasteiger partial charge in [-0.1, -0.05) is 18.2 Å². The zero-order valence-corrected chi connectivity index (χ0v) is 14.2. The van der Waals surface area contributed by atoms with Gasteiger partial charge in [0.1, 0.15) is 5.75 Å². The van der Waals surface area contributed by atoms with Crippen LogP contribution in [-0.4, -0.2) is 23.1 Å². The third kappa shape index (κ3) is 5.42. The van der Waals surface area contributed by atoms with Crippen molar-refractivity contribution in [2.24, 2.45) is 5.10 Å². The lowest BCUT2D eigenvalue weighted by atomic mass is 10.1. The number of nitro benzene ring substituents is 1. The summed E-state index contributed by atoms with van der Waals surface area (Å²) in [4.78, 5) is 22.3. The number of carbonyl (C=O) groups excluding carboxylic acids is 1. The molecule has 1 atom stereocenters. The molecule has 130 valence electrons. The fourth-order valence-corrected chi connectivity index (χ4v) is 2.24. The lowest BCUT2D eigenvalue weighted by Gasteiger charge is -2.14. The topological polar surface area (TPSA) is 93.8 Å². The molecule has 0 saturated carbocycles. The fraction of sp³-hybridized carbons (Fsp3) is 0.222. The van der Waals surface area contributed by atoms with Gasteiger partial charge in [0.25, 0.3) is 11.6 Å². The smallest absolute Gasteiger partial charge is 0.280 e. The van der Waals surface area contributed by atoms with Crippen molar-refractivity contribution in [3.05, 3.63) is 69.3 Å². The number of hydrogen-bond donors (Lipinski definition) is 1. The second-order valence-electron chi connectivity index (χ2n) is 5.67. The Morgan fingerprint density at radius 1 is 1.24 bits per heavy atom. The lowest BCUT2D eigenvalue weighted by Crippen LogP contribution is -2.33. The van der Waals surface area contributed by atoms with Crippen molar-refractivity contribution in [3.63, 3.8) is 0 Å². The monoisotopic (exact) mass is 341 g/mol. The average molecular weight is 341 g/mol. The Bertz CT molecular complexity index is 797. The Morgan fingerprint density at radius 3 is 2.56 bits per heavy atom. The van der Waals surface area contributed by atoms with Gasteiger partial charge >= 0.3 is 0 Å². The Labute approximate surface area is 145 Å². The molecular formula is C18H19N3O4. The molecule has 0 bridgehead atoms. The number of hydrazone groups is 1. The minimum Gasteiger partial charge on any atom is -0.481 e. The van der Waals surface area contributed by atoms with Crippen LogP contribution in [0.3, 0.4) is 0 Å². The highest BCUT2D eigenvalue weighted by atomic mass is 16.6. The van der Waals surface area contributed by atoms with Crippen LogP contribution in [0.4, 0.5) is 5.69 Å². The number of nitrogens with one attached hydrogen (secondary N) is 1. The third-order valence-corrected chi connectivity index (χ3v) is 3.35. The van der Waals surface area contributed by atoms with Gasteiger partial charge in [-0.25, -0.2) is 5.43 Å². The molecule has 0 aliphatic carbocycles. The maximum absolute atomic E-state index is 12.0. The molecule has 0 heterocycles. The van der Waals surface area contributed by atoms with Crippen molar-refractivity contribution in [3.8, 4) is 5.75 Å². The molecule has 7 nitrogen and oxygen atoms in total. The van der Waals surface area contributed by atoms with Crippen molar-refractivity contribution in [2.75, 3.05) is 0 Å². The first-order valence-corrected chi connectivity index (χ1v) is 7.67. The van der Waals surface area contributed by atoms with Gasteiger partial charge in [-0.2, -0.15) is 5.10 Å². The summed E-state index contributed by atoms with van der Waals surface area (Å²) in [5, 5.41) is 14.5. The quantitative estimate of drug-likeness (QED) is 0.496. The minimum absolute atomic E-state index is 0.0400. The summed E-state index contributed by atoms with van der Waals surface area (Å²) in [6, 6.07) is 11.7. The average Bonchev–Trinajstić information content (AvgIpc) is 2.54. The van der Waals surface area contributed by atoms with Crippen LogP contribution in [-0.2, 0) is 4.79 Å². The summed E-state index contributed by atoms with van der Waals surface area (Å²) < 4.78 is 5.62. The van der Waals surface area contributed by atoms with E-state index in [-0.39, 0.29) is 5.69 Å². The predicted octanol–water partition coefficient (Wildman–Crippen LogP) is 3.13. The van der Waals surface area contributed by atoms with Crippen LogP contribution in [0.15, 0.2) is 47.6 Å². The molecule has 0 radical (unpaired) electrons. The Kier molecular flexibility index (Phi) is 5.84. The predicted molar refractivity (Wildman–Crippen MR) is 94.8 cm³/mol. The SMILES string of the molecule is Cc1cc(C)cc(OC(C)C(=O)NN=Cc2cccc([N+](=O)[O-])c2)c1. The van der Waals surface area contributed by atoms with Crippen molar-refractivity contribution >= 4 is 17.8 Å². The molecule has 1 N–H and O–H groups in total. The number of ether oxygens (including phenoxy) is 1. The van der Waals surface area contributed by atoms with E-state index in [9.17, 15) is 14.9 Å². The number of hydrogen-bond acceptors (Lipinski definition) is 5. The van der Waals surface area contributed by atoms with Crippen LogP contribution in [0.1, 0.15) is 23.6 Å². The van der Waals surface area contributed by atoms with E-state index in [0.717, 1.165) is 11.1 Å². The van der Waals surface area contributed by atoms with E-state index in [2.05, 4.69) is 10.5 Å². The maximum Gasteiger partial charge on any atom is 0.280 e. The van der Waals surface area contributed by atoms with E-state index in [1.165, 1.54) is 18.3 Å². The Hall–Kier alpha value is -3.22. The number of nitrogens with zero attached hydrogens (tertiary/aromatic N) is 2. The first-order valence-electron chi connectivity index (χ1n) is 7.67. The van der Waals surface area contributed by atoms with Crippen LogP contribution < -0.4 is 10.2 Å². The van der Waals surface area contributed by atoms with Gasteiger partial charge in [0.15, 0.2) is 6.10 Å².